The number of anilines is 1. The first-order valence-electron chi connectivity index (χ1n) is 6.89. The van der Waals surface area contributed by atoms with Gasteiger partial charge < -0.3 is 14.8 Å². The molecule has 0 radical (unpaired) electrons. The van der Waals surface area contributed by atoms with Crippen LogP contribution in [-0.2, 0) is 6.61 Å². The predicted molar refractivity (Wildman–Crippen MR) is 96.7 cm³/mol. The fourth-order valence-electron chi connectivity index (χ4n) is 2.31. The highest BCUT2D eigenvalue weighted by atomic mass is 79.9. The Kier molecular flexibility index (Phi) is 4.57. The number of benzene rings is 2. The first-order valence-corrected chi connectivity index (χ1v) is 8.48. The van der Waals surface area contributed by atoms with E-state index in [1.165, 1.54) is 0 Å². The summed E-state index contributed by atoms with van der Waals surface area (Å²) in [6.07, 6.45) is 0. The number of halogens is 2. The minimum absolute atomic E-state index is 0.118. The Morgan fingerprint density at radius 3 is 2.70 bits per heavy atom. The average molecular weight is 439 g/mol. The maximum atomic E-state index is 12.4. The molecule has 0 fully saturated rings. The van der Waals surface area contributed by atoms with E-state index in [0.29, 0.717) is 15.6 Å². The van der Waals surface area contributed by atoms with Crippen molar-refractivity contribution in [2.24, 2.45) is 0 Å². The fraction of sp³-hybridized carbons (Fsp3) is 0.118. The van der Waals surface area contributed by atoms with Gasteiger partial charge >= 0.3 is 0 Å². The highest BCUT2D eigenvalue weighted by Crippen LogP contribution is 2.35. The molecule has 2 N–H and O–H groups in total. The highest BCUT2D eigenvalue weighted by Gasteiger charge is 2.18. The molecule has 0 aliphatic rings. The number of para-hydroxylation sites is 1. The predicted octanol–water partition coefficient (Wildman–Crippen LogP) is 5.01. The third-order valence-electron chi connectivity index (χ3n) is 3.58. The molecule has 118 valence electrons. The zero-order valence-electron chi connectivity index (χ0n) is 12.2. The van der Waals surface area contributed by atoms with Crippen molar-refractivity contribution in [1.82, 2.24) is 0 Å². The summed E-state index contributed by atoms with van der Waals surface area (Å²) in [4.78, 5) is 12.4. The highest BCUT2D eigenvalue weighted by molar-refractivity contribution is 9.11. The second kappa shape index (κ2) is 6.47. The van der Waals surface area contributed by atoms with Gasteiger partial charge in [-0.25, -0.2) is 0 Å². The molecule has 2 aromatic carbocycles. The van der Waals surface area contributed by atoms with Crippen molar-refractivity contribution in [1.29, 1.82) is 0 Å². The van der Waals surface area contributed by atoms with Crippen LogP contribution in [0, 0.1) is 6.92 Å². The molecule has 1 aromatic heterocycles. The van der Waals surface area contributed by atoms with Gasteiger partial charge in [-0.05, 0) is 46.6 Å². The molecule has 1 heterocycles. The molecule has 0 aliphatic carbocycles. The molecule has 0 saturated carbocycles. The van der Waals surface area contributed by atoms with Crippen LogP contribution in [0.4, 0.5) is 5.69 Å². The van der Waals surface area contributed by atoms with Crippen LogP contribution in [0.5, 0.6) is 0 Å². The topological polar surface area (TPSA) is 62.5 Å². The molecule has 0 spiro atoms. The van der Waals surface area contributed by atoms with E-state index in [0.717, 1.165) is 21.1 Å². The van der Waals surface area contributed by atoms with E-state index in [9.17, 15) is 9.90 Å². The summed E-state index contributed by atoms with van der Waals surface area (Å²) in [5.41, 5.74) is 3.00. The maximum absolute atomic E-state index is 12.4. The Morgan fingerprint density at radius 2 is 2.00 bits per heavy atom. The molecular formula is C17H13Br2NO3. The lowest BCUT2D eigenvalue weighted by molar-refractivity contribution is 0.0998. The third kappa shape index (κ3) is 3.06. The molecule has 0 saturated heterocycles. The lowest BCUT2D eigenvalue weighted by atomic mass is 10.1. The van der Waals surface area contributed by atoms with Crippen LogP contribution in [0.25, 0.3) is 11.0 Å². The first kappa shape index (κ1) is 16.2. The van der Waals surface area contributed by atoms with Crippen molar-refractivity contribution in [3.8, 4) is 0 Å². The summed E-state index contributed by atoms with van der Waals surface area (Å²) in [6.45, 7) is 1.81. The van der Waals surface area contributed by atoms with E-state index in [2.05, 4.69) is 37.2 Å². The van der Waals surface area contributed by atoms with Crippen LogP contribution in [0.15, 0.2) is 49.8 Å². The number of aryl methyl sites for hydroxylation is 1. The van der Waals surface area contributed by atoms with Gasteiger partial charge in [-0.15, -0.1) is 0 Å². The summed E-state index contributed by atoms with van der Waals surface area (Å²) in [5, 5.41) is 13.0. The average Bonchev–Trinajstić information content (AvgIpc) is 2.94. The van der Waals surface area contributed by atoms with Crippen molar-refractivity contribution in [3.63, 3.8) is 0 Å². The zero-order chi connectivity index (χ0) is 16.6. The van der Waals surface area contributed by atoms with Crippen LogP contribution in [0.1, 0.15) is 21.7 Å². The van der Waals surface area contributed by atoms with Gasteiger partial charge in [0.25, 0.3) is 5.91 Å². The molecule has 4 nitrogen and oxygen atoms in total. The number of amides is 1. The fourth-order valence-corrected chi connectivity index (χ4v) is 3.75. The van der Waals surface area contributed by atoms with Gasteiger partial charge in [0.2, 0.25) is 0 Å². The molecule has 0 bridgehead atoms. The van der Waals surface area contributed by atoms with Gasteiger partial charge in [0, 0.05) is 25.6 Å². The molecule has 3 rings (SSSR count). The zero-order valence-corrected chi connectivity index (χ0v) is 15.4. The Balaban J connectivity index is 1.99. The number of rotatable bonds is 3. The Bertz CT molecular complexity index is 902. The number of furan rings is 1. The van der Waals surface area contributed by atoms with Gasteiger partial charge in [0.1, 0.15) is 5.58 Å². The SMILES string of the molecule is Cc1ccccc1NC(=O)c1cc2c(Br)c(CO)c(Br)cc2o1. The Morgan fingerprint density at radius 1 is 1.26 bits per heavy atom. The van der Waals surface area contributed by atoms with E-state index in [4.69, 9.17) is 4.42 Å². The standard InChI is InChI=1S/C17H13Br2NO3/c1-9-4-2-3-5-13(9)20-17(22)15-6-10-14(23-15)7-12(18)11(8-21)16(10)19/h2-7,21H,8H2,1H3,(H,20,22). The second-order valence-electron chi connectivity index (χ2n) is 5.10. The Hall–Kier alpha value is -1.63. The lowest BCUT2D eigenvalue weighted by Gasteiger charge is -2.05. The van der Waals surface area contributed by atoms with Gasteiger partial charge in [0.05, 0.1) is 6.61 Å². The Labute approximate surface area is 149 Å². The van der Waals surface area contributed by atoms with E-state index < -0.39 is 0 Å². The van der Waals surface area contributed by atoms with Crippen LogP contribution >= 0.6 is 31.9 Å². The molecule has 0 atom stereocenters. The number of nitrogens with one attached hydrogen (secondary N) is 1. The van der Waals surface area contributed by atoms with Crippen molar-refractivity contribution in [2.45, 2.75) is 13.5 Å². The molecule has 0 unspecified atom stereocenters. The van der Waals surface area contributed by atoms with E-state index in [1.54, 1.807) is 12.1 Å². The quantitative estimate of drug-likeness (QED) is 0.604. The molecule has 0 aliphatic heterocycles. The number of hydrogen-bond donors (Lipinski definition) is 2. The molecule has 1 amide bonds. The number of aliphatic hydroxyl groups is 1. The number of hydrogen-bond acceptors (Lipinski definition) is 3. The first-order chi connectivity index (χ1) is 11.0. The second-order valence-corrected chi connectivity index (χ2v) is 6.75. The summed E-state index contributed by atoms with van der Waals surface area (Å²) >= 11 is 6.84. The van der Waals surface area contributed by atoms with Crippen LogP contribution in [-0.4, -0.2) is 11.0 Å². The van der Waals surface area contributed by atoms with Crippen molar-refractivity contribution in [3.05, 3.63) is 62.2 Å². The maximum Gasteiger partial charge on any atom is 0.291 e. The summed E-state index contributed by atoms with van der Waals surface area (Å²) < 4.78 is 7.08. The normalized spacial score (nSPS) is 11.0. The van der Waals surface area contributed by atoms with E-state index in [1.807, 2.05) is 31.2 Å². The number of carbonyl (C=O) groups is 1. The van der Waals surface area contributed by atoms with Crippen molar-refractivity contribution in [2.75, 3.05) is 5.32 Å². The number of carbonyl (C=O) groups excluding carboxylic acids is 1. The van der Waals surface area contributed by atoms with Gasteiger partial charge in [0.15, 0.2) is 5.76 Å². The molecular weight excluding hydrogens is 426 g/mol. The molecule has 6 heteroatoms. The van der Waals surface area contributed by atoms with Gasteiger partial charge in [-0.3, -0.25) is 4.79 Å². The van der Waals surface area contributed by atoms with E-state index in [-0.39, 0.29) is 18.3 Å². The molecule has 23 heavy (non-hydrogen) atoms. The minimum Gasteiger partial charge on any atom is -0.451 e. The van der Waals surface area contributed by atoms with Gasteiger partial charge in [-0.2, -0.15) is 0 Å². The van der Waals surface area contributed by atoms with Crippen LogP contribution in [0.3, 0.4) is 0 Å². The largest absolute Gasteiger partial charge is 0.451 e. The van der Waals surface area contributed by atoms with Gasteiger partial charge in [-0.1, -0.05) is 34.1 Å². The smallest absolute Gasteiger partial charge is 0.291 e. The summed E-state index contributed by atoms with van der Waals surface area (Å²) in [7, 11) is 0. The molecule has 3 aromatic rings. The monoisotopic (exact) mass is 437 g/mol. The van der Waals surface area contributed by atoms with Crippen LogP contribution < -0.4 is 5.32 Å². The third-order valence-corrected chi connectivity index (χ3v) is 5.20. The van der Waals surface area contributed by atoms with Crippen molar-refractivity contribution < 1.29 is 14.3 Å². The summed E-state index contributed by atoms with van der Waals surface area (Å²) in [5.74, 6) is -0.102. The number of fused-ring (bicyclic) bond motifs is 1. The van der Waals surface area contributed by atoms with E-state index >= 15 is 0 Å². The van der Waals surface area contributed by atoms with Crippen LogP contribution in [0.2, 0.25) is 0 Å². The summed E-state index contributed by atoms with van der Waals surface area (Å²) in [6, 6.07) is 11.0. The lowest BCUT2D eigenvalue weighted by Crippen LogP contribution is -2.11. The van der Waals surface area contributed by atoms with Crippen molar-refractivity contribution >= 4 is 54.4 Å². The number of aliphatic hydroxyl groups excluding tert-OH is 1. The minimum atomic E-state index is -0.316.